The van der Waals surface area contributed by atoms with Gasteiger partial charge in [0.25, 0.3) is 0 Å². The van der Waals surface area contributed by atoms with Crippen LogP contribution in [0.2, 0.25) is 0 Å². The minimum absolute atomic E-state index is 0.138. The van der Waals surface area contributed by atoms with Crippen molar-refractivity contribution in [2.45, 2.75) is 40.7 Å². The molecule has 0 bridgehead atoms. The SMILES string of the molecule is Bc1ccc2c(c1)C(=O)/C(=C/C=C1/N(c3c(C)cc(C)cc3C)c3nc4ccccc4nc3N1C1C#CC=C(C)C=C1C)C2=O. The molecule has 0 radical (unpaired) electrons. The van der Waals surface area contributed by atoms with E-state index in [-0.39, 0.29) is 23.2 Å². The lowest BCUT2D eigenvalue weighted by Crippen LogP contribution is -2.36. The Balaban J connectivity index is 1.51. The number of aryl methyl sites for hydroxylation is 3. The highest BCUT2D eigenvalue weighted by atomic mass is 16.2. The van der Waals surface area contributed by atoms with Crippen molar-refractivity contribution in [3.8, 4) is 11.8 Å². The van der Waals surface area contributed by atoms with Gasteiger partial charge < -0.3 is 0 Å². The van der Waals surface area contributed by atoms with Crippen LogP contribution >= 0.6 is 0 Å². The van der Waals surface area contributed by atoms with E-state index >= 15 is 0 Å². The van der Waals surface area contributed by atoms with E-state index in [2.05, 4.69) is 67.5 Å². The van der Waals surface area contributed by atoms with Crippen LogP contribution in [0.15, 0.2) is 101 Å². The molecule has 7 heteroatoms. The van der Waals surface area contributed by atoms with Gasteiger partial charge in [-0.05, 0) is 87.3 Å². The predicted molar refractivity (Wildman–Crippen MR) is 183 cm³/mol. The Morgan fingerprint density at radius 1 is 0.822 bits per heavy atom. The molecule has 4 aromatic rings. The number of ketones is 2. The van der Waals surface area contributed by atoms with Crippen molar-refractivity contribution >= 4 is 53.2 Å². The van der Waals surface area contributed by atoms with Crippen LogP contribution in [0, 0.1) is 32.6 Å². The van der Waals surface area contributed by atoms with Crippen LogP contribution in [0.4, 0.5) is 17.3 Å². The first-order chi connectivity index (χ1) is 21.6. The Labute approximate surface area is 263 Å². The van der Waals surface area contributed by atoms with Crippen molar-refractivity contribution in [3.05, 3.63) is 129 Å². The fraction of sp³-hybridized carbons (Fsp3) is 0.158. The topological polar surface area (TPSA) is 66.4 Å². The molecule has 1 atom stereocenters. The third-order valence-electron chi connectivity index (χ3n) is 8.53. The first-order valence-electron chi connectivity index (χ1n) is 15.0. The molecule has 0 saturated heterocycles. The third-order valence-corrected chi connectivity index (χ3v) is 8.53. The summed E-state index contributed by atoms with van der Waals surface area (Å²) < 4.78 is 0. The summed E-state index contributed by atoms with van der Waals surface area (Å²) >= 11 is 0. The van der Waals surface area contributed by atoms with E-state index in [1.54, 1.807) is 18.2 Å². The number of carbonyl (C=O) groups excluding carboxylic acids is 2. The standard InChI is InChI=1S/C38H31BN4O2/c1-21-9-8-12-32(23(3)17-21)42-33(16-15-28-35(44)27-14-13-26(39)20-29(27)36(28)45)43(34-24(4)18-22(2)19-25(34)5)38-37(42)40-30-10-6-7-11-31(30)41-38/h6-7,9-11,13-20,32H,39H2,1-5H3/b28-15+,33-16+. The second kappa shape index (κ2) is 10.6. The maximum atomic E-state index is 13.5. The summed E-state index contributed by atoms with van der Waals surface area (Å²) in [6, 6.07) is 17.2. The van der Waals surface area contributed by atoms with E-state index < -0.39 is 0 Å². The van der Waals surface area contributed by atoms with Gasteiger partial charge in [-0.3, -0.25) is 19.4 Å². The number of aromatic nitrogens is 2. The molecule has 0 amide bonds. The van der Waals surface area contributed by atoms with E-state index in [1.807, 2.05) is 57.3 Å². The van der Waals surface area contributed by atoms with Crippen LogP contribution < -0.4 is 15.3 Å². The summed E-state index contributed by atoms with van der Waals surface area (Å²) in [5, 5.41) is 0. The van der Waals surface area contributed by atoms with Gasteiger partial charge in [0, 0.05) is 11.1 Å². The minimum Gasteiger partial charge on any atom is -0.290 e. The van der Waals surface area contributed by atoms with Gasteiger partial charge in [-0.15, -0.1) is 0 Å². The molecule has 2 heterocycles. The molecule has 0 fully saturated rings. The number of allylic oxidation sites excluding steroid dienone is 6. The molecule has 3 aliphatic rings. The normalized spacial score (nSPS) is 19.0. The van der Waals surface area contributed by atoms with E-state index in [4.69, 9.17) is 9.97 Å². The van der Waals surface area contributed by atoms with Gasteiger partial charge in [0.15, 0.2) is 23.2 Å². The van der Waals surface area contributed by atoms with E-state index in [0.29, 0.717) is 28.6 Å². The van der Waals surface area contributed by atoms with Crippen molar-refractivity contribution in [2.75, 3.05) is 9.80 Å². The van der Waals surface area contributed by atoms with Gasteiger partial charge in [0.2, 0.25) is 0 Å². The van der Waals surface area contributed by atoms with Gasteiger partial charge in [-0.25, -0.2) is 9.97 Å². The maximum absolute atomic E-state index is 13.5. The number of hydrogen-bond donors (Lipinski definition) is 0. The first-order valence-corrected chi connectivity index (χ1v) is 15.0. The number of carbonyl (C=O) groups is 2. The highest BCUT2D eigenvalue weighted by molar-refractivity contribution is 6.41. The Hall–Kier alpha value is -5.48. The summed E-state index contributed by atoms with van der Waals surface area (Å²) in [4.78, 5) is 41.6. The molecule has 2 aliphatic carbocycles. The first kappa shape index (κ1) is 28.3. The number of rotatable bonds is 3. The fourth-order valence-electron chi connectivity index (χ4n) is 6.62. The second-order valence-corrected chi connectivity index (χ2v) is 12.1. The van der Waals surface area contributed by atoms with E-state index in [1.165, 1.54) is 0 Å². The van der Waals surface area contributed by atoms with Crippen molar-refractivity contribution in [2.24, 2.45) is 0 Å². The second-order valence-electron chi connectivity index (χ2n) is 12.1. The lowest BCUT2D eigenvalue weighted by atomic mass is 9.93. The smallest absolute Gasteiger partial charge is 0.197 e. The summed E-state index contributed by atoms with van der Waals surface area (Å²) in [5.74, 6) is 8.18. The van der Waals surface area contributed by atoms with Crippen molar-refractivity contribution < 1.29 is 9.59 Å². The van der Waals surface area contributed by atoms with Crippen molar-refractivity contribution in [1.29, 1.82) is 0 Å². The molecule has 0 N–H and O–H groups in total. The summed E-state index contributed by atoms with van der Waals surface area (Å²) in [6.45, 7) is 10.4. The van der Waals surface area contributed by atoms with Crippen LogP contribution in [-0.4, -0.2) is 35.4 Å². The number of anilines is 3. The number of benzene rings is 3. The Kier molecular flexibility index (Phi) is 6.67. The molecule has 45 heavy (non-hydrogen) atoms. The zero-order chi connectivity index (χ0) is 31.6. The summed E-state index contributed by atoms with van der Waals surface area (Å²) in [7, 11) is 1.92. The fourth-order valence-corrected chi connectivity index (χ4v) is 6.62. The highest BCUT2D eigenvalue weighted by Crippen LogP contribution is 2.48. The highest BCUT2D eigenvalue weighted by Gasteiger charge is 2.41. The van der Waals surface area contributed by atoms with Crippen LogP contribution in [0.3, 0.4) is 0 Å². The van der Waals surface area contributed by atoms with Gasteiger partial charge in [0.1, 0.15) is 19.7 Å². The number of para-hydroxylation sites is 2. The molecule has 1 aromatic heterocycles. The van der Waals surface area contributed by atoms with Gasteiger partial charge in [-0.2, -0.15) is 0 Å². The van der Waals surface area contributed by atoms with E-state index in [0.717, 1.165) is 50.0 Å². The molecule has 3 aromatic carbocycles. The number of nitrogens with zero attached hydrogens (tertiary/aromatic N) is 4. The van der Waals surface area contributed by atoms with Crippen LogP contribution in [0.1, 0.15) is 51.3 Å². The Morgan fingerprint density at radius 3 is 2.20 bits per heavy atom. The zero-order valence-electron chi connectivity index (χ0n) is 26.2. The monoisotopic (exact) mass is 586 g/mol. The quantitative estimate of drug-likeness (QED) is 0.129. The molecular weight excluding hydrogens is 555 g/mol. The van der Waals surface area contributed by atoms with Crippen molar-refractivity contribution in [1.82, 2.24) is 9.97 Å². The molecule has 7 rings (SSSR count). The molecule has 1 aliphatic heterocycles. The average molecular weight is 587 g/mol. The molecule has 6 nitrogen and oxygen atoms in total. The van der Waals surface area contributed by atoms with Gasteiger partial charge >= 0.3 is 0 Å². The molecule has 1 unspecified atom stereocenters. The van der Waals surface area contributed by atoms with Gasteiger partial charge in [0.05, 0.1) is 22.3 Å². The summed E-state index contributed by atoms with van der Waals surface area (Å²) in [5.41, 5.74) is 9.88. The van der Waals surface area contributed by atoms with Crippen molar-refractivity contribution in [3.63, 3.8) is 0 Å². The van der Waals surface area contributed by atoms with Crippen LogP contribution in [-0.2, 0) is 0 Å². The van der Waals surface area contributed by atoms with Crippen LogP contribution in [0.25, 0.3) is 11.0 Å². The maximum Gasteiger partial charge on any atom is 0.197 e. The third kappa shape index (κ3) is 4.62. The Morgan fingerprint density at radius 2 is 1.49 bits per heavy atom. The van der Waals surface area contributed by atoms with Crippen LogP contribution in [0.5, 0.6) is 0 Å². The average Bonchev–Trinajstić information content (AvgIpc) is 3.33. The molecular formula is C38H31BN4O2. The lowest BCUT2D eigenvalue weighted by molar-refractivity contribution is 0.0988. The lowest BCUT2D eigenvalue weighted by Gasteiger charge is -2.30. The number of hydrogen-bond acceptors (Lipinski definition) is 6. The molecule has 0 spiro atoms. The molecule has 218 valence electrons. The summed E-state index contributed by atoms with van der Waals surface area (Å²) in [6.07, 6.45) is 7.55. The number of fused-ring (bicyclic) bond motifs is 3. The number of Topliss-reactive ketones (excluding diaryl/α,β-unsaturated/α-hetero) is 2. The Bertz CT molecular complexity index is 2170. The zero-order valence-corrected chi connectivity index (χ0v) is 26.2. The van der Waals surface area contributed by atoms with E-state index in [9.17, 15) is 9.59 Å². The largest absolute Gasteiger partial charge is 0.290 e. The van der Waals surface area contributed by atoms with Gasteiger partial charge in [-0.1, -0.05) is 71.4 Å². The predicted octanol–water partition coefficient (Wildman–Crippen LogP) is 5.90. The molecule has 0 saturated carbocycles. The minimum atomic E-state index is -0.372.